The maximum absolute atomic E-state index is 8.54. The van der Waals surface area contributed by atoms with Gasteiger partial charge in [0.1, 0.15) is 17.7 Å². The van der Waals surface area contributed by atoms with Gasteiger partial charge in [-0.25, -0.2) is 0 Å². The molecule has 0 amide bonds. The van der Waals surface area contributed by atoms with Crippen molar-refractivity contribution in [2.75, 3.05) is 11.6 Å². The van der Waals surface area contributed by atoms with E-state index in [1.807, 2.05) is 30.5 Å². The molecule has 0 heterocycles. The first kappa shape index (κ1) is 11.2. The summed E-state index contributed by atoms with van der Waals surface area (Å²) in [4.78, 5) is 1.07. The normalized spacial score (nSPS) is 8.47. The maximum atomic E-state index is 8.54. The average Bonchev–Trinajstić information content (AvgIpc) is 2.31. The lowest BCUT2D eigenvalue weighted by atomic mass is 10.3. The summed E-state index contributed by atoms with van der Waals surface area (Å²) in [6.07, 6.45) is 3.38. The predicted octanol–water partition coefficient (Wildman–Crippen LogP) is 2.75. The number of anilines is 1. The molecular weight excluding hydrogens is 206 g/mol. The van der Waals surface area contributed by atoms with Gasteiger partial charge in [-0.1, -0.05) is 12.1 Å². The van der Waals surface area contributed by atoms with Gasteiger partial charge in [-0.05, 0) is 18.4 Å². The van der Waals surface area contributed by atoms with E-state index in [4.69, 9.17) is 10.5 Å². The van der Waals surface area contributed by atoms with Gasteiger partial charge < -0.3 is 5.32 Å². The zero-order chi connectivity index (χ0) is 11.1. The lowest BCUT2D eigenvalue weighted by Gasteiger charge is -2.05. The fourth-order valence-corrected chi connectivity index (χ4v) is 1.56. The molecular formula is C11H9N3S. The molecule has 4 heteroatoms. The summed E-state index contributed by atoms with van der Waals surface area (Å²) in [6.45, 7) is 0. The molecule has 0 aliphatic heterocycles. The van der Waals surface area contributed by atoms with Gasteiger partial charge in [0, 0.05) is 11.1 Å². The topological polar surface area (TPSA) is 59.6 Å². The zero-order valence-corrected chi connectivity index (χ0v) is 9.01. The van der Waals surface area contributed by atoms with Gasteiger partial charge in [0.05, 0.1) is 5.69 Å². The van der Waals surface area contributed by atoms with Crippen LogP contribution < -0.4 is 5.32 Å². The van der Waals surface area contributed by atoms with Crippen molar-refractivity contribution < 1.29 is 0 Å². The van der Waals surface area contributed by atoms with Gasteiger partial charge in [0.25, 0.3) is 0 Å². The summed E-state index contributed by atoms with van der Waals surface area (Å²) >= 11 is 1.60. The van der Waals surface area contributed by atoms with Crippen molar-refractivity contribution in [1.82, 2.24) is 0 Å². The summed E-state index contributed by atoms with van der Waals surface area (Å²) in [6, 6.07) is 11.3. The average molecular weight is 215 g/mol. The van der Waals surface area contributed by atoms with Crippen LogP contribution in [0, 0.1) is 22.7 Å². The first-order valence-corrected chi connectivity index (χ1v) is 5.44. The Balaban J connectivity index is 2.87. The van der Waals surface area contributed by atoms with E-state index in [0.29, 0.717) is 0 Å². The molecule has 1 aromatic rings. The van der Waals surface area contributed by atoms with Gasteiger partial charge in [-0.15, -0.1) is 11.8 Å². The molecule has 74 valence electrons. The molecule has 0 spiro atoms. The lowest BCUT2D eigenvalue weighted by molar-refractivity contribution is 1.40. The number of nitriles is 2. The summed E-state index contributed by atoms with van der Waals surface area (Å²) < 4.78 is 0. The van der Waals surface area contributed by atoms with Crippen LogP contribution in [0.4, 0.5) is 5.69 Å². The molecule has 0 aromatic heterocycles. The minimum Gasteiger partial charge on any atom is -0.359 e. The number of benzene rings is 1. The molecule has 0 unspecified atom stereocenters. The van der Waals surface area contributed by atoms with Gasteiger partial charge >= 0.3 is 0 Å². The molecule has 1 N–H and O–H groups in total. The molecule has 0 fully saturated rings. The number of nitrogens with zero attached hydrogens (tertiary/aromatic N) is 2. The quantitative estimate of drug-likeness (QED) is 0.622. The Labute approximate surface area is 93.0 Å². The van der Waals surface area contributed by atoms with E-state index in [9.17, 15) is 0 Å². The first-order chi connectivity index (χ1) is 7.31. The van der Waals surface area contributed by atoms with Crippen molar-refractivity contribution in [3.05, 3.63) is 36.0 Å². The third kappa shape index (κ3) is 3.05. The van der Waals surface area contributed by atoms with E-state index >= 15 is 0 Å². The Bertz CT molecular complexity index is 436. The van der Waals surface area contributed by atoms with Crippen LogP contribution in [-0.4, -0.2) is 6.26 Å². The van der Waals surface area contributed by atoms with Crippen LogP contribution >= 0.6 is 11.8 Å². The molecule has 1 aromatic carbocycles. The van der Waals surface area contributed by atoms with Crippen LogP contribution in [0.1, 0.15) is 0 Å². The number of rotatable bonds is 3. The minimum atomic E-state index is 0.0610. The van der Waals surface area contributed by atoms with Gasteiger partial charge in [0.2, 0.25) is 0 Å². The van der Waals surface area contributed by atoms with Gasteiger partial charge in [0.15, 0.2) is 0 Å². The maximum Gasteiger partial charge on any atom is 0.145 e. The monoisotopic (exact) mass is 215 g/mol. The Hall–Kier alpha value is -1.91. The standard InChI is InChI=1S/C11H9N3S/c1-15-11-5-3-2-4-10(11)14-8-9(6-12)7-13/h2-5,8,14H,1H3. The molecule has 0 saturated carbocycles. The fraction of sp³-hybridized carbons (Fsp3) is 0.0909. The highest BCUT2D eigenvalue weighted by Crippen LogP contribution is 2.24. The van der Waals surface area contributed by atoms with E-state index in [1.54, 1.807) is 23.9 Å². The number of nitrogens with one attached hydrogen (secondary N) is 1. The van der Waals surface area contributed by atoms with Gasteiger partial charge in [-0.3, -0.25) is 0 Å². The molecule has 3 nitrogen and oxygen atoms in total. The van der Waals surface area contributed by atoms with Crippen LogP contribution in [0.5, 0.6) is 0 Å². The largest absolute Gasteiger partial charge is 0.359 e. The van der Waals surface area contributed by atoms with Crippen LogP contribution in [0.2, 0.25) is 0 Å². The predicted molar refractivity (Wildman–Crippen MR) is 61.2 cm³/mol. The van der Waals surface area contributed by atoms with Crippen LogP contribution in [0.25, 0.3) is 0 Å². The highest BCUT2D eigenvalue weighted by Gasteiger charge is 1.98. The van der Waals surface area contributed by atoms with Crippen molar-refractivity contribution in [2.24, 2.45) is 0 Å². The third-order valence-electron chi connectivity index (χ3n) is 1.72. The second-order valence-electron chi connectivity index (χ2n) is 2.63. The fourth-order valence-electron chi connectivity index (χ4n) is 1.00. The molecule has 0 saturated heterocycles. The molecule has 0 radical (unpaired) electrons. The van der Waals surface area contributed by atoms with Crippen LogP contribution in [0.3, 0.4) is 0 Å². The van der Waals surface area contributed by atoms with Crippen molar-refractivity contribution in [2.45, 2.75) is 4.90 Å². The van der Waals surface area contributed by atoms with E-state index in [2.05, 4.69) is 5.32 Å². The highest BCUT2D eigenvalue weighted by molar-refractivity contribution is 7.98. The second kappa shape index (κ2) is 5.74. The highest BCUT2D eigenvalue weighted by atomic mass is 32.2. The number of hydrogen-bond donors (Lipinski definition) is 1. The first-order valence-electron chi connectivity index (χ1n) is 4.21. The van der Waals surface area contributed by atoms with Gasteiger partial charge in [-0.2, -0.15) is 10.5 Å². The van der Waals surface area contributed by atoms with E-state index in [0.717, 1.165) is 10.6 Å². The summed E-state index contributed by atoms with van der Waals surface area (Å²) in [7, 11) is 0. The minimum absolute atomic E-state index is 0.0610. The number of thioether (sulfide) groups is 1. The molecule has 0 bridgehead atoms. The molecule has 15 heavy (non-hydrogen) atoms. The second-order valence-corrected chi connectivity index (χ2v) is 3.47. The van der Waals surface area contributed by atoms with E-state index in [1.165, 1.54) is 6.20 Å². The van der Waals surface area contributed by atoms with Crippen LogP contribution in [-0.2, 0) is 0 Å². The van der Waals surface area contributed by atoms with E-state index in [-0.39, 0.29) is 5.57 Å². The number of allylic oxidation sites excluding steroid dienone is 1. The molecule has 0 atom stereocenters. The summed E-state index contributed by atoms with van der Waals surface area (Å²) in [5.41, 5.74) is 0.957. The lowest BCUT2D eigenvalue weighted by Crippen LogP contribution is -1.91. The van der Waals surface area contributed by atoms with E-state index < -0.39 is 0 Å². The SMILES string of the molecule is CSc1ccccc1NC=C(C#N)C#N. The summed E-state index contributed by atoms with van der Waals surface area (Å²) in [5.74, 6) is 0. The molecule has 0 aliphatic rings. The Morgan fingerprint density at radius 2 is 2.00 bits per heavy atom. The van der Waals surface area contributed by atoms with Crippen molar-refractivity contribution >= 4 is 17.4 Å². The van der Waals surface area contributed by atoms with Crippen molar-refractivity contribution in [1.29, 1.82) is 10.5 Å². The number of para-hydroxylation sites is 1. The Morgan fingerprint density at radius 3 is 2.60 bits per heavy atom. The van der Waals surface area contributed by atoms with Crippen molar-refractivity contribution in [3.63, 3.8) is 0 Å². The smallest absolute Gasteiger partial charge is 0.145 e. The molecule has 1 rings (SSSR count). The van der Waals surface area contributed by atoms with Crippen LogP contribution in [0.15, 0.2) is 40.9 Å². The Morgan fingerprint density at radius 1 is 1.33 bits per heavy atom. The third-order valence-corrected chi connectivity index (χ3v) is 2.52. The Kier molecular flexibility index (Phi) is 4.28. The number of hydrogen-bond acceptors (Lipinski definition) is 4. The van der Waals surface area contributed by atoms with Crippen molar-refractivity contribution in [3.8, 4) is 12.1 Å². The summed E-state index contributed by atoms with van der Waals surface area (Å²) in [5, 5.41) is 20.0. The zero-order valence-electron chi connectivity index (χ0n) is 8.19. The molecule has 0 aliphatic carbocycles.